The maximum absolute atomic E-state index is 13.4. The molecule has 0 aromatic rings. The smallest absolute Gasteiger partial charge is 0.550 e. The summed E-state index contributed by atoms with van der Waals surface area (Å²) in [6.07, 6.45) is 26.0. The Bertz CT molecular complexity index is 1280. The van der Waals surface area contributed by atoms with Gasteiger partial charge in [0.2, 0.25) is 0 Å². The van der Waals surface area contributed by atoms with Crippen molar-refractivity contribution >= 4 is 35.8 Å². The molecule has 0 unspecified atom stereocenters. The van der Waals surface area contributed by atoms with E-state index in [0.29, 0.717) is 12.8 Å². The SMILES string of the molecule is CC1(C)CC(C(CCCCCCCC(=O)O)(C(=O)O)C2CC(C)(C)NC(C)(C)C2)CC(C)(C)N1.CCCCCCC(=O)[O-].CCCCCCC(=O)[O-].CCCCCCC(=O)[O-].CCCCCCC(=O)[O-].[Ni+2].[Ni+2]. The Balaban J connectivity index is -0.000000319. The maximum atomic E-state index is 13.4. The molecule has 2 saturated heterocycles. The van der Waals surface area contributed by atoms with Gasteiger partial charge in [-0.15, -0.1) is 0 Å². The number of carboxylic acids is 6. The molecule has 16 heteroatoms. The molecular weight excluding hydrogens is 1010 g/mol. The van der Waals surface area contributed by atoms with Crippen LogP contribution >= 0.6 is 0 Å². The minimum Gasteiger partial charge on any atom is -0.550 e. The summed E-state index contributed by atoms with van der Waals surface area (Å²) < 4.78 is 0. The number of unbranched alkanes of at least 4 members (excludes halogenated alkanes) is 16. The van der Waals surface area contributed by atoms with Crippen LogP contribution in [0, 0.1) is 17.3 Å². The van der Waals surface area contributed by atoms with Crippen LogP contribution in [0.25, 0.3) is 0 Å². The Kier molecular flexibility index (Phi) is 47.9. The number of carboxylic acid groups (broad SMARTS) is 6. The Labute approximate surface area is 458 Å². The summed E-state index contributed by atoms with van der Waals surface area (Å²) in [6, 6.07) is 0. The van der Waals surface area contributed by atoms with Gasteiger partial charge in [0.1, 0.15) is 0 Å². The zero-order chi connectivity index (χ0) is 54.5. The summed E-state index contributed by atoms with van der Waals surface area (Å²) in [5.41, 5.74) is -1.19. The van der Waals surface area contributed by atoms with Crippen LogP contribution < -0.4 is 31.1 Å². The van der Waals surface area contributed by atoms with Gasteiger partial charge < -0.3 is 60.5 Å². The topological polar surface area (TPSA) is 259 Å². The number of rotatable bonds is 31. The van der Waals surface area contributed by atoms with Crippen molar-refractivity contribution in [2.45, 2.75) is 304 Å². The van der Waals surface area contributed by atoms with Gasteiger partial charge in [-0.25, -0.2) is 0 Å². The monoisotopic (exact) mass is 1110 g/mol. The van der Waals surface area contributed by atoms with Crippen molar-refractivity contribution in [2.24, 2.45) is 17.3 Å². The molecule has 0 radical (unpaired) electrons. The molecule has 2 aliphatic heterocycles. The summed E-state index contributed by atoms with van der Waals surface area (Å²) in [6.45, 7) is 26.1. The predicted octanol–water partition coefficient (Wildman–Crippen LogP) is 8.81. The quantitative estimate of drug-likeness (QED) is 0.0374. The first-order valence-corrected chi connectivity index (χ1v) is 27.3. The van der Waals surface area contributed by atoms with Gasteiger partial charge in [0.25, 0.3) is 0 Å². The van der Waals surface area contributed by atoms with Crippen molar-refractivity contribution in [3.63, 3.8) is 0 Å². The number of carbonyl (C=O) groups excluding carboxylic acids is 4. The molecule has 0 atom stereocenters. The van der Waals surface area contributed by atoms with Crippen LogP contribution in [0.5, 0.6) is 0 Å². The molecule has 2 fully saturated rings. The van der Waals surface area contributed by atoms with Crippen LogP contribution in [0.3, 0.4) is 0 Å². The van der Waals surface area contributed by atoms with Gasteiger partial charge in [-0.05, 0) is 157 Å². The molecule has 0 spiro atoms. The number of nitrogens with one attached hydrogen (secondary N) is 2. The van der Waals surface area contributed by atoms with E-state index in [0.717, 1.165) is 154 Å². The number of aliphatic carboxylic acids is 6. The first-order chi connectivity index (χ1) is 32.5. The van der Waals surface area contributed by atoms with Crippen molar-refractivity contribution in [3.05, 3.63) is 0 Å². The van der Waals surface area contributed by atoms with E-state index in [-0.39, 0.29) is 99.1 Å². The molecule has 4 N–H and O–H groups in total. The molecule has 0 aromatic heterocycles. The number of hydrogen-bond acceptors (Lipinski definition) is 12. The molecule has 0 aliphatic carbocycles. The molecule has 430 valence electrons. The third-order valence-electron chi connectivity index (χ3n) is 13.2. The molecule has 2 rings (SSSR count). The number of hydrogen-bond donors (Lipinski definition) is 4. The van der Waals surface area contributed by atoms with Gasteiger partial charge in [0.05, 0.1) is 5.41 Å². The van der Waals surface area contributed by atoms with E-state index in [4.69, 9.17) is 5.11 Å². The Hall–Kier alpha value is -2.27. The van der Waals surface area contributed by atoms with Gasteiger partial charge in [0, 0.05) is 52.5 Å². The summed E-state index contributed by atoms with van der Waals surface area (Å²) in [5, 5.41) is 66.8. The largest absolute Gasteiger partial charge is 2.00 e. The van der Waals surface area contributed by atoms with E-state index < -0.39 is 41.2 Å². The van der Waals surface area contributed by atoms with Crippen LogP contribution in [0.4, 0.5) is 0 Å². The van der Waals surface area contributed by atoms with E-state index in [2.05, 4.69) is 93.7 Å². The summed E-state index contributed by atoms with van der Waals surface area (Å²) in [7, 11) is 0. The Morgan fingerprint density at radius 2 is 0.625 bits per heavy atom. The number of carbonyl (C=O) groups is 6. The van der Waals surface area contributed by atoms with Crippen LogP contribution in [0.2, 0.25) is 0 Å². The average Bonchev–Trinajstić information content (AvgIpc) is 3.21. The van der Waals surface area contributed by atoms with Gasteiger partial charge in [-0.1, -0.05) is 130 Å². The van der Waals surface area contributed by atoms with E-state index >= 15 is 0 Å². The standard InChI is InChI=1S/C28H52N2O4.4C7H14O2.2Ni/c1-24(2)16-20(17-25(3,4)29-24)28(23(33)34,15-13-11-9-10-12-14-22(31)32)21-18-26(5,6)30-27(7,8)19-21;4*1-2-3-4-5-6-7(8)9;;/h20-21,29-30H,9-19H2,1-8H3,(H,31,32)(H,33,34);4*2-6H2,1H3,(H,8,9);;/q;;;;;2*+2/p-4. The van der Waals surface area contributed by atoms with E-state index in [1.807, 2.05) is 0 Å². The van der Waals surface area contributed by atoms with Crippen molar-refractivity contribution in [1.82, 2.24) is 10.6 Å². The van der Waals surface area contributed by atoms with Crippen molar-refractivity contribution in [1.29, 1.82) is 0 Å². The third kappa shape index (κ3) is 44.1. The fourth-order valence-electron chi connectivity index (χ4n) is 10.6. The minimum atomic E-state index is -0.925. The maximum Gasteiger partial charge on any atom is 2.00 e. The molecule has 2 heterocycles. The molecule has 0 saturated carbocycles. The van der Waals surface area contributed by atoms with Crippen LogP contribution in [0.1, 0.15) is 282 Å². The molecule has 2 aliphatic rings. The molecular formula is C56H104N2Ni2O12. The van der Waals surface area contributed by atoms with Gasteiger partial charge in [0.15, 0.2) is 0 Å². The normalized spacial score (nSPS) is 16.3. The third-order valence-corrected chi connectivity index (χ3v) is 13.2. The summed E-state index contributed by atoms with van der Waals surface area (Å²) in [5.74, 6) is -4.84. The second kappa shape index (κ2) is 43.9. The molecule has 0 amide bonds. The van der Waals surface area contributed by atoms with Gasteiger partial charge in [-0.2, -0.15) is 0 Å². The molecule has 0 bridgehead atoms. The van der Waals surface area contributed by atoms with Crippen molar-refractivity contribution in [2.75, 3.05) is 0 Å². The minimum absolute atomic E-state index is 0. The van der Waals surface area contributed by atoms with E-state index in [1.54, 1.807) is 0 Å². The second-order valence-electron chi connectivity index (χ2n) is 22.7. The zero-order valence-corrected chi connectivity index (χ0v) is 49.2. The molecule has 14 nitrogen and oxygen atoms in total. The van der Waals surface area contributed by atoms with Crippen LogP contribution in [-0.4, -0.2) is 68.2 Å². The fourth-order valence-corrected chi connectivity index (χ4v) is 10.6. The van der Waals surface area contributed by atoms with Crippen LogP contribution in [0.15, 0.2) is 0 Å². The zero-order valence-electron chi connectivity index (χ0n) is 47.2. The van der Waals surface area contributed by atoms with Crippen molar-refractivity contribution in [3.8, 4) is 0 Å². The van der Waals surface area contributed by atoms with Crippen LogP contribution in [-0.2, 0) is 61.8 Å². The first-order valence-electron chi connectivity index (χ1n) is 27.3. The van der Waals surface area contributed by atoms with E-state index in [1.165, 1.54) is 0 Å². The summed E-state index contributed by atoms with van der Waals surface area (Å²) in [4.78, 5) is 63.6. The Morgan fingerprint density at radius 3 is 0.847 bits per heavy atom. The summed E-state index contributed by atoms with van der Waals surface area (Å²) >= 11 is 0. The fraction of sp³-hybridized carbons (Fsp3) is 0.893. The second-order valence-corrected chi connectivity index (χ2v) is 22.7. The molecule has 72 heavy (non-hydrogen) atoms. The Morgan fingerprint density at radius 1 is 0.403 bits per heavy atom. The van der Waals surface area contributed by atoms with Crippen molar-refractivity contribution < 1.29 is 92.4 Å². The predicted molar refractivity (Wildman–Crippen MR) is 273 cm³/mol. The van der Waals surface area contributed by atoms with E-state index in [9.17, 15) is 54.3 Å². The van der Waals surface area contributed by atoms with Gasteiger partial charge >= 0.3 is 44.9 Å². The first kappa shape index (κ1) is 78.6. The number of piperidine rings is 2. The average molecular weight is 1110 g/mol. The van der Waals surface area contributed by atoms with Gasteiger partial charge in [-0.3, -0.25) is 9.59 Å². The molecule has 0 aromatic carbocycles.